The fraction of sp³-hybridized carbons (Fsp3) is 0.375. The number of aromatic amines is 1. The van der Waals surface area contributed by atoms with E-state index in [2.05, 4.69) is 26.0 Å². The number of hydrogen-bond acceptors (Lipinski definition) is 6. The second kappa shape index (κ2) is 9.61. The lowest BCUT2D eigenvalue weighted by Crippen LogP contribution is -2.54. The molecule has 1 atom stereocenters. The number of anilines is 1. The summed E-state index contributed by atoms with van der Waals surface area (Å²) in [6.45, 7) is 1.53. The number of esters is 1. The molecule has 5 rings (SSSR count). The number of rotatable bonds is 5. The Labute approximate surface area is 201 Å². The quantitative estimate of drug-likeness (QED) is 0.483. The largest absolute Gasteiger partial charge is 0.467 e. The van der Waals surface area contributed by atoms with Gasteiger partial charge < -0.3 is 25.2 Å². The predicted molar refractivity (Wildman–Crippen MR) is 128 cm³/mol. The Kier molecular flexibility index (Phi) is 6.21. The van der Waals surface area contributed by atoms with Crippen LogP contribution in [0.2, 0.25) is 0 Å². The number of piperidine rings is 1. The van der Waals surface area contributed by atoms with Crippen LogP contribution in [0.4, 0.5) is 15.3 Å². The zero-order chi connectivity index (χ0) is 24.4. The molecule has 1 saturated heterocycles. The Hall–Kier alpha value is -4.15. The van der Waals surface area contributed by atoms with Crippen molar-refractivity contribution in [2.45, 2.75) is 37.9 Å². The summed E-state index contributed by atoms with van der Waals surface area (Å²) in [6, 6.07) is 12.1. The molecule has 1 aromatic heterocycles. The van der Waals surface area contributed by atoms with E-state index in [0.717, 1.165) is 22.3 Å². The lowest BCUT2D eigenvalue weighted by Gasteiger charge is -2.40. The van der Waals surface area contributed by atoms with Crippen molar-refractivity contribution in [2.75, 3.05) is 25.5 Å². The second-order valence-corrected chi connectivity index (χ2v) is 8.83. The molecule has 0 radical (unpaired) electrons. The van der Waals surface area contributed by atoms with E-state index in [1.54, 1.807) is 4.90 Å². The SMILES string of the molecule is COC(=O)C(Cc1ccc2[nH]nnc2c1)NC(=O)N1CCC(N2Cc3ccccc3NC2=O)CC1. The van der Waals surface area contributed by atoms with Crippen LogP contribution in [-0.2, 0) is 22.5 Å². The minimum atomic E-state index is -0.834. The molecule has 2 aliphatic heterocycles. The molecule has 1 unspecified atom stereocenters. The van der Waals surface area contributed by atoms with Crippen LogP contribution < -0.4 is 10.6 Å². The van der Waals surface area contributed by atoms with Gasteiger partial charge in [0.25, 0.3) is 0 Å². The van der Waals surface area contributed by atoms with Gasteiger partial charge in [0.1, 0.15) is 11.6 Å². The Morgan fingerprint density at radius 2 is 2.00 bits per heavy atom. The van der Waals surface area contributed by atoms with E-state index < -0.39 is 12.0 Å². The molecule has 4 amide bonds. The molecule has 11 nitrogen and oxygen atoms in total. The van der Waals surface area contributed by atoms with Crippen LogP contribution in [0.3, 0.4) is 0 Å². The van der Waals surface area contributed by atoms with Crippen molar-refractivity contribution in [2.24, 2.45) is 0 Å². The lowest BCUT2D eigenvalue weighted by molar-refractivity contribution is -0.142. The number of carbonyl (C=O) groups excluding carboxylic acids is 3. The summed E-state index contributed by atoms with van der Waals surface area (Å²) >= 11 is 0. The van der Waals surface area contributed by atoms with Gasteiger partial charge in [0.15, 0.2) is 0 Å². The number of urea groups is 2. The summed E-state index contributed by atoms with van der Waals surface area (Å²) in [5, 5.41) is 16.3. The number of methoxy groups -OCH3 is 1. The Bertz CT molecular complexity index is 1250. The highest BCUT2D eigenvalue weighted by Crippen LogP contribution is 2.27. The number of likely N-dealkylation sites (tertiary alicyclic amines) is 1. The number of hydrogen-bond donors (Lipinski definition) is 3. The second-order valence-electron chi connectivity index (χ2n) is 8.83. The standard InChI is InChI=1S/C24H27N7O4/c1-35-22(32)21(13-15-6-7-19-20(12-15)28-29-27-19)26-23(33)30-10-8-17(9-11-30)31-14-16-4-2-3-5-18(16)25-24(31)34/h2-7,12,17,21H,8-11,13-14H2,1H3,(H,25,34)(H,26,33)(H,27,28,29). The van der Waals surface area contributed by atoms with Crippen LogP contribution in [0.1, 0.15) is 24.0 Å². The molecule has 3 heterocycles. The van der Waals surface area contributed by atoms with E-state index in [9.17, 15) is 14.4 Å². The van der Waals surface area contributed by atoms with Crippen LogP contribution in [0.25, 0.3) is 11.0 Å². The van der Waals surface area contributed by atoms with Gasteiger partial charge >= 0.3 is 18.0 Å². The summed E-state index contributed by atoms with van der Waals surface area (Å²) in [5.74, 6) is -0.517. The van der Waals surface area contributed by atoms with E-state index >= 15 is 0 Å². The van der Waals surface area contributed by atoms with Gasteiger partial charge in [-0.3, -0.25) is 5.10 Å². The normalized spacial score (nSPS) is 17.0. The number of fused-ring (bicyclic) bond motifs is 2. The average Bonchev–Trinajstić information content (AvgIpc) is 3.35. The van der Waals surface area contributed by atoms with Crippen LogP contribution >= 0.6 is 0 Å². The molecule has 1 fully saturated rings. The molecule has 35 heavy (non-hydrogen) atoms. The molecule has 11 heteroatoms. The smallest absolute Gasteiger partial charge is 0.328 e. The van der Waals surface area contributed by atoms with Crippen molar-refractivity contribution >= 4 is 34.8 Å². The van der Waals surface area contributed by atoms with Crippen LogP contribution in [0, 0.1) is 0 Å². The molecule has 2 aromatic carbocycles. The zero-order valence-electron chi connectivity index (χ0n) is 19.4. The van der Waals surface area contributed by atoms with Gasteiger partial charge in [-0.2, -0.15) is 0 Å². The first-order valence-electron chi connectivity index (χ1n) is 11.6. The van der Waals surface area contributed by atoms with Gasteiger partial charge in [-0.05, 0) is 42.2 Å². The molecule has 0 aliphatic carbocycles. The number of H-pyrrole nitrogens is 1. The fourth-order valence-corrected chi connectivity index (χ4v) is 4.72. The molecule has 182 valence electrons. The summed E-state index contributed by atoms with van der Waals surface area (Å²) in [7, 11) is 1.30. The van der Waals surface area contributed by atoms with Crippen molar-refractivity contribution in [3.8, 4) is 0 Å². The number of nitrogens with one attached hydrogen (secondary N) is 3. The number of amides is 4. The van der Waals surface area contributed by atoms with Crippen molar-refractivity contribution in [3.63, 3.8) is 0 Å². The number of aromatic nitrogens is 3. The fourth-order valence-electron chi connectivity index (χ4n) is 4.72. The van der Waals surface area contributed by atoms with Gasteiger partial charge in [0.2, 0.25) is 0 Å². The third-order valence-corrected chi connectivity index (χ3v) is 6.67. The minimum absolute atomic E-state index is 0.0398. The summed E-state index contributed by atoms with van der Waals surface area (Å²) in [4.78, 5) is 41.5. The van der Waals surface area contributed by atoms with E-state index in [1.807, 2.05) is 47.4 Å². The number of ether oxygens (including phenoxy) is 1. The maximum atomic E-state index is 13.0. The maximum Gasteiger partial charge on any atom is 0.328 e. The number of carbonyl (C=O) groups is 3. The molecular weight excluding hydrogens is 450 g/mol. The molecular formula is C24H27N7O4. The first kappa shape index (κ1) is 22.6. The van der Waals surface area contributed by atoms with E-state index in [-0.39, 0.29) is 24.5 Å². The molecule has 0 saturated carbocycles. The predicted octanol–water partition coefficient (Wildman–Crippen LogP) is 2.26. The number of benzene rings is 2. The van der Waals surface area contributed by atoms with Crippen molar-refractivity contribution in [1.82, 2.24) is 30.5 Å². The lowest BCUT2D eigenvalue weighted by atomic mass is 10.0. The topological polar surface area (TPSA) is 133 Å². The van der Waals surface area contributed by atoms with Crippen LogP contribution in [-0.4, -0.2) is 75.5 Å². The van der Waals surface area contributed by atoms with Crippen molar-refractivity contribution < 1.29 is 19.1 Å². The zero-order valence-corrected chi connectivity index (χ0v) is 19.4. The monoisotopic (exact) mass is 477 g/mol. The maximum absolute atomic E-state index is 13.0. The molecule has 0 bridgehead atoms. The molecule has 3 N–H and O–H groups in total. The third kappa shape index (κ3) is 4.75. The highest BCUT2D eigenvalue weighted by atomic mass is 16.5. The highest BCUT2D eigenvalue weighted by Gasteiger charge is 2.33. The summed E-state index contributed by atoms with van der Waals surface area (Å²) < 4.78 is 4.92. The van der Waals surface area contributed by atoms with Gasteiger partial charge in [0.05, 0.1) is 12.6 Å². The van der Waals surface area contributed by atoms with Crippen LogP contribution in [0.15, 0.2) is 42.5 Å². The minimum Gasteiger partial charge on any atom is -0.467 e. The van der Waals surface area contributed by atoms with Crippen molar-refractivity contribution in [1.29, 1.82) is 0 Å². The Morgan fingerprint density at radius 1 is 1.20 bits per heavy atom. The number of para-hydroxylation sites is 1. The first-order chi connectivity index (χ1) is 17.0. The first-order valence-corrected chi connectivity index (χ1v) is 11.6. The molecule has 2 aliphatic rings. The number of nitrogens with zero attached hydrogens (tertiary/aromatic N) is 4. The summed E-state index contributed by atoms with van der Waals surface area (Å²) in [5.41, 5.74) is 4.24. The van der Waals surface area contributed by atoms with Gasteiger partial charge in [-0.1, -0.05) is 29.5 Å². The Morgan fingerprint density at radius 3 is 2.80 bits per heavy atom. The molecule has 3 aromatic rings. The van der Waals surface area contributed by atoms with Gasteiger partial charge in [0, 0.05) is 37.8 Å². The third-order valence-electron chi connectivity index (χ3n) is 6.67. The van der Waals surface area contributed by atoms with E-state index in [4.69, 9.17) is 4.74 Å². The van der Waals surface area contributed by atoms with E-state index in [1.165, 1.54) is 7.11 Å². The van der Waals surface area contributed by atoms with Crippen LogP contribution in [0.5, 0.6) is 0 Å². The van der Waals surface area contributed by atoms with Gasteiger partial charge in [-0.25, -0.2) is 14.4 Å². The van der Waals surface area contributed by atoms with Crippen molar-refractivity contribution in [3.05, 3.63) is 53.6 Å². The highest BCUT2D eigenvalue weighted by molar-refractivity contribution is 5.92. The summed E-state index contributed by atoms with van der Waals surface area (Å²) in [6.07, 6.45) is 1.59. The van der Waals surface area contributed by atoms with E-state index in [0.29, 0.717) is 38.0 Å². The average molecular weight is 478 g/mol. The Balaban J connectivity index is 1.19. The van der Waals surface area contributed by atoms with Gasteiger partial charge in [-0.15, -0.1) is 5.10 Å². The molecule has 0 spiro atoms.